The quantitative estimate of drug-likeness (QED) is 0.847. The van der Waals surface area contributed by atoms with Crippen LogP contribution in [0.4, 0.5) is 0 Å². The number of benzene rings is 1. The molecule has 3 rings (SSSR count). The summed E-state index contributed by atoms with van der Waals surface area (Å²) in [5, 5.41) is 11.8. The summed E-state index contributed by atoms with van der Waals surface area (Å²) in [6.45, 7) is 0. The summed E-state index contributed by atoms with van der Waals surface area (Å²) in [7, 11) is 0. The van der Waals surface area contributed by atoms with Gasteiger partial charge in [0.1, 0.15) is 0 Å². The fourth-order valence-corrected chi connectivity index (χ4v) is 2.00. The molecule has 2 aromatic rings. The van der Waals surface area contributed by atoms with Crippen molar-refractivity contribution in [3.8, 4) is 5.69 Å². The maximum Gasteiger partial charge on any atom is 0.158 e. The number of aromatic nitrogens is 4. The Morgan fingerprint density at radius 1 is 1.29 bits per heavy atom. The van der Waals surface area contributed by atoms with Crippen molar-refractivity contribution in [2.75, 3.05) is 0 Å². The second-order valence-electron chi connectivity index (χ2n) is 4.55. The lowest BCUT2D eigenvalue weighted by atomic mass is 10.1. The molecule has 1 aromatic heterocycles. The predicted molar refractivity (Wildman–Crippen MR) is 63.6 cm³/mol. The summed E-state index contributed by atoms with van der Waals surface area (Å²) in [6, 6.07) is 10.1. The van der Waals surface area contributed by atoms with Gasteiger partial charge in [-0.25, -0.2) is 0 Å². The molecule has 1 fully saturated rings. The predicted octanol–water partition coefficient (Wildman–Crippen LogP) is 0.942. The summed E-state index contributed by atoms with van der Waals surface area (Å²) in [6.07, 6.45) is 3.23. The van der Waals surface area contributed by atoms with E-state index in [4.69, 9.17) is 5.73 Å². The molecule has 1 atom stereocenters. The third-order valence-corrected chi connectivity index (χ3v) is 3.18. The van der Waals surface area contributed by atoms with Crippen LogP contribution in [0, 0.1) is 5.92 Å². The van der Waals surface area contributed by atoms with Crippen molar-refractivity contribution < 1.29 is 0 Å². The Morgan fingerprint density at radius 3 is 2.76 bits per heavy atom. The van der Waals surface area contributed by atoms with Crippen molar-refractivity contribution in [2.45, 2.75) is 25.3 Å². The van der Waals surface area contributed by atoms with Gasteiger partial charge in [-0.2, -0.15) is 4.68 Å². The van der Waals surface area contributed by atoms with Gasteiger partial charge in [0.15, 0.2) is 5.82 Å². The minimum atomic E-state index is 0.184. The third-order valence-electron chi connectivity index (χ3n) is 3.18. The number of rotatable bonds is 4. The molecular weight excluding hydrogens is 214 g/mol. The normalized spacial score (nSPS) is 17.0. The van der Waals surface area contributed by atoms with Gasteiger partial charge in [-0.15, -0.1) is 5.10 Å². The van der Waals surface area contributed by atoms with Gasteiger partial charge in [0.25, 0.3) is 0 Å². The SMILES string of the molecule is NC(Cc1nnnn1-c1ccccc1)C1CC1. The molecule has 1 aliphatic carbocycles. The highest BCUT2D eigenvalue weighted by atomic mass is 15.5. The molecule has 0 spiro atoms. The highest BCUT2D eigenvalue weighted by Crippen LogP contribution is 2.32. The van der Waals surface area contributed by atoms with Gasteiger partial charge in [0.2, 0.25) is 0 Å². The molecule has 0 amide bonds. The average molecular weight is 229 g/mol. The molecular formula is C12H15N5. The second-order valence-corrected chi connectivity index (χ2v) is 4.55. The second kappa shape index (κ2) is 4.25. The highest BCUT2D eigenvalue weighted by Gasteiger charge is 2.29. The Hall–Kier alpha value is -1.75. The average Bonchev–Trinajstić information content (AvgIpc) is 3.12. The van der Waals surface area contributed by atoms with E-state index in [9.17, 15) is 0 Å². The van der Waals surface area contributed by atoms with Crippen molar-refractivity contribution in [1.29, 1.82) is 0 Å². The zero-order valence-corrected chi connectivity index (χ0v) is 9.53. The van der Waals surface area contributed by atoms with Crippen molar-refractivity contribution >= 4 is 0 Å². The number of nitrogens with two attached hydrogens (primary N) is 1. The minimum Gasteiger partial charge on any atom is -0.327 e. The van der Waals surface area contributed by atoms with Crippen LogP contribution in [-0.4, -0.2) is 26.2 Å². The lowest BCUT2D eigenvalue weighted by molar-refractivity contribution is 0.566. The third kappa shape index (κ3) is 2.19. The lowest BCUT2D eigenvalue weighted by Crippen LogP contribution is -2.26. The van der Waals surface area contributed by atoms with Crippen LogP contribution in [0.3, 0.4) is 0 Å². The Kier molecular flexibility index (Phi) is 2.60. The minimum absolute atomic E-state index is 0.184. The van der Waals surface area contributed by atoms with Gasteiger partial charge in [-0.05, 0) is 41.3 Å². The van der Waals surface area contributed by atoms with E-state index in [1.165, 1.54) is 12.8 Å². The Morgan fingerprint density at radius 2 is 2.06 bits per heavy atom. The first-order valence-electron chi connectivity index (χ1n) is 5.93. The van der Waals surface area contributed by atoms with Crippen LogP contribution < -0.4 is 5.73 Å². The molecule has 1 saturated carbocycles. The Bertz CT molecular complexity index is 489. The van der Waals surface area contributed by atoms with Crippen molar-refractivity contribution in [1.82, 2.24) is 20.2 Å². The zero-order valence-electron chi connectivity index (χ0n) is 9.53. The van der Waals surface area contributed by atoms with E-state index in [1.807, 2.05) is 30.3 Å². The van der Waals surface area contributed by atoms with E-state index in [1.54, 1.807) is 4.68 Å². The van der Waals surface area contributed by atoms with Crippen molar-refractivity contribution in [2.24, 2.45) is 11.7 Å². The molecule has 1 heterocycles. The largest absolute Gasteiger partial charge is 0.327 e. The van der Waals surface area contributed by atoms with Gasteiger partial charge in [-0.3, -0.25) is 0 Å². The van der Waals surface area contributed by atoms with Crippen LogP contribution in [-0.2, 0) is 6.42 Å². The number of hydrogen-bond acceptors (Lipinski definition) is 4. The van der Waals surface area contributed by atoms with Gasteiger partial charge >= 0.3 is 0 Å². The molecule has 88 valence electrons. The van der Waals surface area contributed by atoms with Crippen molar-refractivity contribution in [3.05, 3.63) is 36.2 Å². The molecule has 1 aromatic carbocycles. The van der Waals surface area contributed by atoms with Gasteiger partial charge < -0.3 is 5.73 Å². The fourth-order valence-electron chi connectivity index (χ4n) is 2.00. The van der Waals surface area contributed by atoms with Crippen LogP contribution in [0.15, 0.2) is 30.3 Å². The fraction of sp³-hybridized carbons (Fsp3) is 0.417. The van der Waals surface area contributed by atoms with E-state index >= 15 is 0 Å². The number of nitrogens with zero attached hydrogens (tertiary/aromatic N) is 4. The molecule has 0 bridgehead atoms. The van der Waals surface area contributed by atoms with E-state index in [0.717, 1.165) is 17.9 Å². The van der Waals surface area contributed by atoms with Crippen LogP contribution in [0.5, 0.6) is 0 Å². The summed E-state index contributed by atoms with van der Waals surface area (Å²) >= 11 is 0. The number of hydrogen-bond donors (Lipinski definition) is 1. The summed E-state index contributed by atoms with van der Waals surface area (Å²) in [4.78, 5) is 0. The summed E-state index contributed by atoms with van der Waals surface area (Å²) < 4.78 is 1.77. The molecule has 0 radical (unpaired) electrons. The topological polar surface area (TPSA) is 69.6 Å². The summed E-state index contributed by atoms with van der Waals surface area (Å²) in [5.74, 6) is 1.51. The maximum absolute atomic E-state index is 6.11. The monoisotopic (exact) mass is 229 g/mol. The van der Waals surface area contributed by atoms with E-state index in [-0.39, 0.29) is 6.04 Å². The van der Waals surface area contributed by atoms with Gasteiger partial charge in [-0.1, -0.05) is 18.2 Å². The molecule has 17 heavy (non-hydrogen) atoms. The Labute approximate surface area is 99.6 Å². The highest BCUT2D eigenvalue weighted by molar-refractivity contribution is 5.30. The summed E-state index contributed by atoms with van der Waals surface area (Å²) in [5.41, 5.74) is 7.09. The standard InChI is InChI=1S/C12H15N5/c13-11(9-6-7-9)8-12-14-15-16-17(12)10-4-2-1-3-5-10/h1-5,9,11H,6-8,13H2. The van der Waals surface area contributed by atoms with E-state index < -0.39 is 0 Å². The molecule has 5 heteroatoms. The van der Waals surface area contributed by atoms with Gasteiger partial charge in [0.05, 0.1) is 5.69 Å². The smallest absolute Gasteiger partial charge is 0.158 e. The first kappa shape index (κ1) is 10.4. The van der Waals surface area contributed by atoms with E-state index in [0.29, 0.717) is 5.92 Å². The maximum atomic E-state index is 6.11. The van der Waals surface area contributed by atoms with Crippen molar-refractivity contribution in [3.63, 3.8) is 0 Å². The number of para-hydroxylation sites is 1. The van der Waals surface area contributed by atoms with E-state index in [2.05, 4.69) is 15.5 Å². The number of tetrazole rings is 1. The molecule has 1 aliphatic rings. The lowest BCUT2D eigenvalue weighted by Gasteiger charge is -2.09. The molecule has 2 N–H and O–H groups in total. The first-order chi connectivity index (χ1) is 8.34. The van der Waals surface area contributed by atoms with Crippen LogP contribution in [0.25, 0.3) is 5.69 Å². The molecule has 1 unspecified atom stereocenters. The molecule has 0 aliphatic heterocycles. The van der Waals surface area contributed by atoms with Gasteiger partial charge in [0, 0.05) is 12.5 Å². The van der Waals surface area contributed by atoms with Crippen LogP contribution >= 0.6 is 0 Å². The van der Waals surface area contributed by atoms with Crippen LogP contribution in [0.2, 0.25) is 0 Å². The molecule has 5 nitrogen and oxygen atoms in total. The van der Waals surface area contributed by atoms with Crippen LogP contribution in [0.1, 0.15) is 18.7 Å². The Balaban J connectivity index is 1.83. The first-order valence-corrected chi connectivity index (χ1v) is 5.93. The zero-order chi connectivity index (χ0) is 11.7. The molecule has 0 saturated heterocycles.